The van der Waals surface area contributed by atoms with Gasteiger partial charge in [0, 0.05) is 22.7 Å². The molecule has 0 saturated carbocycles. The molecule has 0 fully saturated rings. The van der Waals surface area contributed by atoms with E-state index in [2.05, 4.69) is 21.2 Å². The number of hydrogen-bond donors (Lipinski definition) is 1. The van der Waals surface area contributed by atoms with Gasteiger partial charge in [-0.2, -0.15) is 0 Å². The Morgan fingerprint density at radius 1 is 1.28 bits per heavy atom. The van der Waals surface area contributed by atoms with Crippen LogP contribution in [-0.4, -0.2) is 17.4 Å². The van der Waals surface area contributed by atoms with Gasteiger partial charge >= 0.3 is 0 Å². The van der Waals surface area contributed by atoms with E-state index in [9.17, 15) is 14.9 Å². The number of carbonyl (C=O) groups excluding carboxylic acids is 1. The van der Waals surface area contributed by atoms with Gasteiger partial charge in [-0.25, -0.2) is 0 Å². The van der Waals surface area contributed by atoms with Crippen LogP contribution in [0.5, 0.6) is 5.75 Å². The molecule has 2 aromatic rings. The molecule has 0 atom stereocenters. The van der Waals surface area contributed by atoms with Crippen molar-refractivity contribution in [1.29, 1.82) is 0 Å². The monoisotopic (exact) mass is 404 g/mol. The van der Waals surface area contributed by atoms with Gasteiger partial charge in [0.05, 0.1) is 17.2 Å². The van der Waals surface area contributed by atoms with Gasteiger partial charge in [-0.05, 0) is 52.2 Å². The van der Waals surface area contributed by atoms with Crippen molar-refractivity contribution in [2.24, 2.45) is 0 Å². The first-order valence-electron chi connectivity index (χ1n) is 7.65. The van der Waals surface area contributed by atoms with Gasteiger partial charge in [0.15, 0.2) is 0 Å². The highest BCUT2D eigenvalue weighted by Crippen LogP contribution is 2.27. The minimum atomic E-state index is -0.514. The van der Waals surface area contributed by atoms with E-state index < -0.39 is 4.92 Å². The number of ether oxygens (including phenoxy) is 1. The summed E-state index contributed by atoms with van der Waals surface area (Å²) in [7, 11) is 0. The number of carbonyl (C=O) groups is 1. The number of rotatable bonds is 7. The molecular weight excluding hydrogens is 388 g/mol. The second kappa shape index (κ2) is 8.98. The first-order chi connectivity index (χ1) is 12.0. The van der Waals surface area contributed by atoms with Gasteiger partial charge in [-0.15, -0.1) is 0 Å². The Labute approximate surface area is 153 Å². The van der Waals surface area contributed by atoms with E-state index in [1.165, 1.54) is 24.3 Å². The fraction of sp³-hybridized carbons (Fsp3) is 0.167. The second-order valence-corrected chi connectivity index (χ2v) is 6.02. The third kappa shape index (κ3) is 5.72. The fourth-order valence-corrected chi connectivity index (χ4v) is 2.31. The van der Waals surface area contributed by atoms with E-state index in [0.29, 0.717) is 16.8 Å². The fourth-order valence-electron chi connectivity index (χ4n) is 1.96. The molecule has 1 amide bonds. The molecule has 25 heavy (non-hydrogen) atoms. The second-order valence-electron chi connectivity index (χ2n) is 5.16. The molecule has 0 unspecified atom stereocenters. The van der Waals surface area contributed by atoms with Crippen LogP contribution in [0.25, 0.3) is 6.08 Å². The number of nitro groups is 1. The highest BCUT2D eigenvalue weighted by molar-refractivity contribution is 9.10. The maximum Gasteiger partial charge on any atom is 0.271 e. The number of nitro benzene ring substituents is 1. The van der Waals surface area contributed by atoms with Gasteiger partial charge in [0.25, 0.3) is 5.69 Å². The zero-order valence-corrected chi connectivity index (χ0v) is 15.2. The van der Waals surface area contributed by atoms with Crippen molar-refractivity contribution in [1.82, 2.24) is 0 Å². The summed E-state index contributed by atoms with van der Waals surface area (Å²) < 4.78 is 6.06. The molecule has 0 bridgehead atoms. The van der Waals surface area contributed by atoms with Crippen molar-refractivity contribution in [3.63, 3.8) is 0 Å². The Hall–Kier alpha value is -2.67. The predicted molar refractivity (Wildman–Crippen MR) is 101 cm³/mol. The van der Waals surface area contributed by atoms with Crippen LogP contribution in [0.3, 0.4) is 0 Å². The van der Waals surface area contributed by atoms with Gasteiger partial charge in [0.1, 0.15) is 5.75 Å². The lowest BCUT2D eigenvalue weighted by molar-refractivity contribution is -0.384. The SMILES string of the molecule is CCCOc1ccc(/C=C/C(=O)Nc2cc([N+](=O)[O-])ccc2Br)cc1. The van der Waals surface area contributed by atoms with Gasteiger partial charge in [-0.3, -0.25) is 14.9 Å². The van der Waals surface area contributed by atoms with E-state index in [1.807, 2.05) is 31.2 Å². The third-order valence-corrected chi connectivity index (χ3v) is 3.89. The van der Waals surface area contributed by atoms with Crippen LogP contribution in [0.15, 0.2) is 53.0 Å². The Morgan fingerprint density at radius 2 is 2.00 bits per heavy atom. The molecule has 0 aliphatic carbocycles. The molecule has 0 heterocycles. The molecule has 0 radical (unpaired) electrons. The Balaban J connectivity index is 2.01. The van der Waals surface area contributed by atoms with E-state index >= 15 is 0 Å². The summed E-state index contributed by atoms with van der Waals surface area (Å²) in [5, 5.41) is 13.4. The Bertz CT molecular complexity index is 788. The first-order valence-corrected chi connectivity index (χ1v) is 8.44. The molecule has 0 aliphatic heterocycles. The summed E-state index contributed by atoms with van der Waals surface area (Å²) in [6.07, 6.45) is 3.96. The minimum Gasteiger partial charge on any atom is -0.494 e. The summed E-state index contributed by atoms with van der Waals surface area (Å²) in [6, 6.07) is 11.5. The normalized spacial score (nSPS) is 10.6. The summed E-state index contributed by atoms with van der Waals surface area (Å²) >= 11 is 3.26. The van der Waals surface area contributed by atoms with Crippen molar-refractivity contribution in [3.05, 3.63) is 68.7 Å². The molecule has 2 aromatic carbocycles. The van der Waals surface area contributed by atoms with E-state index in [1.54, 1.807) is 6.08 Å². The number of hydrogen-bond acceptors (Lipinski definition) is 4. The molecule has 6 nitrogen and oxygen atoms in total. The summed E-state index contributed by atoms with van der Waals surface area (Å²) in [4.78, 5) is 22.3. The number of anilines is 1. The molecule has 7 heteroatoms. The Kier molecular flexibility index (Phi) is 6.71. The highest BCUT2D eigenvalue weighted by atomic mass is 79.9. The van der Waals surface area contributed by atoms with Gasteiger partial charge in [0.2, 0.25) is 5.91 Å². The smallest absolute Gasteiger partial charge is 0.271 e. The van der Waals surface area contributed by atoms with Crippen LogP contribution in [0.2, 0.25) is 0 Å². The lowest BCUT2D eigenvalue weighted by Crippen LogP contribution is -2.08. The van der Waals surface area contributed by atoms with Gasteiger partial charge in [-0.1, -0.05) is 19.1 Å². The molecule has 0 saturated heterocycles. The van der Waals surface area contributed by atoms with Crippen LogP contribution in [0.1, 0.15) is 18.9 Å². The van der Waals surface area contributed by atoms with E-state index in [4.69, 9.17) is 4.74 Å². The summed E-state index contributed by atoms with van der Waals surface area (Å²) in [6.45, 7) is 2.70. The molecular formula is C18H17BrN2O4. The van der Waals surface area contributed by atoms with Crippen LogP contribution in [0.4, 0.5) is 11.4 Å². The standard InChI is InChI=1S/C18H17BrN2O4/c1-2-11-25-15-7-3-13(4-8-15)5-10-18(22)20-17-12-14(21(23)24)6-9-16(17)19/h3-10,12H,2,11H2,1H3,(H,20,22)/b10-5+. The molecule has 0 aliphatic rings. The molecule has 0 aromatic heterocycles. The van der Waals surface area contributed by atoms with Crippen molar-refractivity contribution in [2.45, 2.75) is 13.3 Å². The minimum absolute atomic E-state index is 0.0925. The number of nitrogens with one attached hydrogen (secondary N) is 1. The third-order valence-electron chi connectivity index (χ3n) is 3.20. The molecule has 130 valence electrons. The summed E-state index contributed by atoms with van der Waals surface area (Å²) in [5.74, 6) is 0.400. The lowest BCUT2D eigenvalue weighted by Gasteiger charge is -2.05. The zero-order chi connectivity index (χ0) is 18.2. The van der Waals surface area contributed by atoms with Crippen molar-refractivity contribution in [3.8, 4) is 5.75 Å². The molecule has 2 rings (SSSR count). The maximum absolute atomic E-state index is 12.0. The quantitative estimate of drug-likeness (QED) is 0.408. The maximum atomic E-state index is 12.0. The average molecular weight is 405 g/mol. The average Bonchev–Trinajstić information content (AvgIpc) is 2.60. The van der Waals surface area contributed by atoms with Crippen molar-refractivity contribution < 1.29 is 14.5 Å². The Morgan fingerprint density at radius 3 is 2.64 bits per heavy atom. The van der Waals surface area contributed by atoms with Gasteiger partial charge < -0.3 is 10.1 Å². The molecule has 0 spiro atoms. The number of amides is 1. The zero-order valence-electron chi connectivity index (χ0n) is 13.6. The van der Waals surface area contributed by atoms with Crippen LogP contribution < -0.4 is 10.1 Å². The lowest BCUT2D eigenvalue weighted by atomic mass is 10.2. The number of non-ortho nitro benzene ring substituents is 1. The largest absolute Gasteiger partial charge is 0.494 e. The predicted octanol–water partition coefficient (Wildman–Crippen LogP) is 4.80. The van der Waals surface area contributed by atoms with Crippen molar-refractivity contribution in [2.75, 3.05) is 11.9 Å². The van der Waals surface area contributed by atoms with Crippen LogP contribution in [-0.2, 0) is 4.79 Å². The topological polar surface area (TPSA) is 81.5 Å². The highest BCUT2D eigenvalue weighted by Gasteiger charge is 2.10. The number of halogens is 1. The number of nitrogens with zero attached hydrogens (tertiary/aromatic N) is 1. The van der Waals surface area contributed by atoms with E-state index in [0.717, 1.165) is 17.7 Å². The van der Waals surface area contributed by atoms with Crippen molar-refractivity contribution >= 4 is 39.3 Å². The van der Waals surface area contributed by atoms with E-state index in [-0.39, 0.29) is 11.6 Å². The van der Waals surface area contributed by atoms with Crippen LogP contribution >= 0.6 is 15.9 Å². The molecule has 1 N–H and O–H groups in total. The summed E-state index contributed by atoms with van der Waals surface area (Å²) in [5.41, 5.74) is 1.09. The number of benzene rings is 2. The van der Waals surface area contributed by atoms with Crippen LogP contribution in [0, 0.1) is 10.1 Å². The first kappa shape index (κ1) is 18.7.